The number of H-pyrrole nitrogens is 1. The molecule has 1 heterocycles. The molecule has 3 rings (SSSR count). The maximum absolute atomic E-state index is 12.1. The zero-order valence-electron chi connectivity index (χ0n) is 12.1. The number of methoxy groups -OCH3 is 1. The minimum Gasteiger partial charge on any atom is -0.496 e. The quantitative estimate of drug-likeness (QED) is 0.904. The number of rotatable bonds is 4. The Bertz CT molecular complexity index is 694. The van der Waals surface area contributed by atoms with Crippen LogP contribution in [0, 0.1) is 0 Å². The molecular weight excluding hydrogens is 266 g/mol. The Hall–Kier alpha value is -2.30. The molecule has 0 saturated carbocycles. The van der Waals surface area contributed by atoms with Crippen molar-refractivity contribution >= 4 is 5.95 Å². The van der Waals surface area contributed by atoms with Crippen molar-refractivity contribution in [1.82, 2.24) is 9.97 Å². The molecule has 0 bridgehead atoms. The van der Waals surface area contributed by atoms with E-state index in [1.807, 2.05) is 24.3 Å². The summed E-state index contributed by atoms with van der Waals surface area (Å²) in [5, 5.41) is 3.18. The summed E-state index contributed by atoms with van der Waals surface area (Å²) in [7, 11) is 1.65. The second-order valence-electron chi connectivity index (χ2n) is 5.21. The molecule has 0 atom stereocenters. The number of hydrogen-bond donors (Lipinski definition) is 2. The predicted octanol–water partition coefficient (Wildman–Crippen LogP) is 2.27. The number of fused-ring (bicyclic) bond motifs is 1. The molecule has 110 valence electrons. The number of benzene rings is 1. The molecule has 1 aromatic carbocycles. The van der Waals surface area contributed by atoms with Gasteiger partial charge in [0.2, 0.25) is 5.95 Å². The van der Waals surface area contributed by atoms with Crippen molar-refractivity contribution in [3.8, 4) is 5.75 Å². The largest absolute Gasteiger partial charge is 0.496 e. The Balaban J connectivity index is 1.79. The summed E-state index contributed by atoms with van der Waals surface area (Å²) in [6.07, 6.45) is 3.91. The summed E-state index contributed by atoms with van der Waals surface area (Å²) in [5.74, 6) is 1.36. The Morgan fingerprint density at radius 3 is 2.95 bits per heavy atom. The Morgan fingerprint density at radius 2 is 2.10 bits per heavy atom. The molecular formula is C16H19N3O2. The van der Waals surface area contributed by atoms with E-state index >= 15 is 0 Å². The van der Waals surface area contributed by atoms with Gasteiger partial charge in [-0.1, -0.05) is 18.2 Å². The fourth-order valence-corrected chi connectivity index (χ4v) is 2.71. The standard InChI is InChI=1S/C16H19N3O2/c1-21-14-9-5-2-6-11(14)10-17-16-18-13-8-4-3-7-12(13)15(20)19-16/h2,5-6,9H,3-4,7-8,10H2,1H3,(H2,17,18,19,20). The number of aryl methyl sites for hydroxylation is 1. The molecule has 21 heavy (non-hydrogen) atoms. The summed E-state index contributed by atoms with van der Waals surface area (Å²) in [4.78, 5) is 19.4. The molecule has 0 saturated heterocycles. The van der Waals surface area contributed by atoms with Gasteiger partial charge in [0, 0.05) is 17.7 Å². The molecule has 0 amide bonds. The average molecular weight is 285 g/mol. The van der Waals surface area contributed by atoms with E-state index in [4.69, 9.17) is 4.74 Å². The first-order chi connectivity index (χ1) is 10.3. The van der Waals surface area contributed by atoms with Crippen LogP contribution in [0.15, 0.2) is 29.1 Å². The fourth-order valence-electron chi connectivity index (χ4n) is 2.71. The number of anilines is 1. The zero-order valence-corrected chi connectivity index (χ0v) is 12.1. The maximum atomic E-state index is 12.1. The lowest BCUT2D eigenvalue weighted by molar-refractivity contribution is 0.410. The van der Waals surface area contributed by atoms with Crippen LogP contribution in [0.25, 0.3) is 0 Å². The minimum absolute atomic E-state index is 0.0118. The molecule has 2 aromatic rings. The van der Waals surface area contributed by atoms with Gasteiger partial charge < -0.3 is 10.1 Å². The van der Waals surface area contributed by atoms with Crippen LogP contribution in [0.1, 0.15) is 29.7 Å². The number of nitrogens with one attached hydrogen (secondary N) is 2. The van der Waals surface area contributed by atoms with Gasteiger partial charge in [-0.15, -0.1) is 0 Å². The average Bonchev–Trinajstić information content (AvgIpc) is 2.53. The molecule has 2 N–H and O–H groups in total. The van der Waals surface area contributed by atoms with Crippen molar-refractivity contribution < 1.29 is 4.74 Å². The molecule has 0 spiro atoms. The van der Waals surface area contributed by atoms with Crippen LogP contribution in [0.2, 0.25) is 0 Å². The third-order valence-electron chi connectivity index (χ3n) is 3.83. The van der Waals surface area contributed by atoms with Crippen molar-refractivity contribution in [2.24, 2.45) is 0 Å². The van der Waals surface area contributed by atoms with Gasteiger partial charge in [0.05, 0.1) is 12.8 Å². The van der Waals surface area contributed by atoms with E-state index in [0.29, 0.717) is 12.5 Å². The maximum Gasteiger partial charge on any atom is 0.255 e. The van der Waals surface area contributed by atoms with Gasteiger partial charge in [-0.25, -0.2) is 4.98 Å². The third-order valence-corrected chi connectivity index (χ3v) is 3.83. The van der Waals surface area contributed by atoms with Crippen molar-refractivity contribution in [2.45, 2.75) is 32.2 Å². The lowest BCUT2D eigenvalue weighted by atomic mass is 9.97. The van der Waals surface area contributed by atoms with Crippen molar-refractivity contribution in [3.63, 3.8) is 0 Å². The van der Waals surface area contributed by atoms with Crippen LogP contribution < -0.4 is 15.6 Å². The number of nitrogens with zero attached hydrogens (tertiary/aromatic N) is 1. The van der Waals surface area contributed by atoms with Crippen LogP contribution in [0.4, 0.5) is 5.95 Å². The van der Waals surface area contributed by atoms with Gasteiger partial charge >= 0.3 is 0 Å². The lowest BCUT2D eigenvalue weighted by Gasteiger charge is -2.15. The smallest absolute Gasteiger partial charge is 0.255 e. The third kappa shape index (κ3) is 2.91. The monoisotopic (exact) mass is 285 g/mol. The van der Waals surface area contributed by atoms with Crippen LogP contribution in [0.5, 0.6) is 5.75 Å². The van der Waals surface area contributed by atoms with Gasteiger partial charge in [-0.05, 0) is 31.7 Å². The van der Waals surface area contributed by atoms with Gasteiger partial charge in [-0.3, -0.25) is 9.78 Å². The summed E-state index contributed by atoms with van der Waals surface area (Å²) in [6.45, 7) is 0.561. The second-order valence-corrected chi connectivity index (χ2v) is 5.21. The highest BCUT2D eigenvalue weighted by atomic mass is 16.5. The summed E-state index contributed by atoms with van der Waals surface area (Å²) in [6, 6.07) is 7.80. The number of aromatic nitrogens is 2. The molecule has 1 aliphatic rings. The van der Waals surface area contributed by atoms with E-state index in [1.54, 1.807) is 7.11 Å². The van der Waals surface area contributed by atoms with Gasteiger partial charge in [-0.2, -0.15) is 0 Å². The molecule has 1 aromatic heterocycles. The van der Waals surface area contributed by atoms with Crippen LogP contribution in [0.3, 0.4) is 0 Å². The predicted molar refractivity (Wildman–Crippen MR) is 81.8 cm³/mol. The zero-order chi connectivity index (χ0) is 14.7. The van der Waals surface area contributed by atoms with Gasteiger partial charge in [0.15, 0.2) is 0 Å². The van der Waals surface area contributed by atoms with E-state index < -0.39 is 0 Å². The van der Waals surface area contributed by atoms with E-state index in [1.165, 1.54) is 0 Å². The molecule has 1 aliphatic carbocycles. The Morgan fingerprint density at radius 1 is 1.29 bits per heavy atom. The van der Waals surface area contributed by atoms with Gasteiger partial charge in [0.25, 0.3) is 5.56 Å². The van der Waals surface area contributed by atoms with Crippen molar-refractivity contribution in [1.29, 1.82) is 0 Å². The van der Waals surface area contributed by atoms with Crippen molar-refractivity contribution in [3.05, 3.63) is 51.4 Å². The number of aromatic amines is 1. The van der Waals surface area contributed by atoms with E-state index in [-0.39, 0.29) is 5.56 Å². The summed E-state index contributed by atoms with van der Waals surface area (Å²) < 4.78 is 5.32. The number of hydrogen-bond acceptors (Lipinski definition) is 4. The molecule has 0 fully saturated rings. The normalized spacial score (nSPS) is 13.6. The Labute approximate surface area is 123 Å². The Kier molecular flexibility index (Phi) is 3.90. The first kappa shape index (κ1) is 13.7. The number of ether oxygens (including phenoxy) is 1. The van der Waals surface area contributed by atoms with E-state index in [9.17, 15) is 4.79 Å². The molecule has 0 unspecified atom stereocenters. The van der Waals surface area contributed by atoms with E-state index in [2.05, 4.69) is 15.3 Å². The second kappa shape index (κ2) is 5.99. The molecule has 5 heteroatoms. The summed E-state index contributed by atoms with van der Waals surface area (Å²) in [5.41, 5.74) is 2.80. The first-order valence-electron chi connectivity index (χ1n) is 7.26. The highest BCUT2D eigenvalue weighted by molar-refractivity contribution is 5.37. The van der Waals surface area contributed by atoms with Crippen LogP contribution in [-0.2, 0) is 19.4 Å². The molecule has 0 radical (unpaired) electrons. The minimum atomic E-state index is -0.0118. The highest BCUT2D eigenvalue weighted by Crippen LogP contribution is 2.19. The first-order valence-corrected chi connectivity index (χ1v) is 7.26. The molecule has 0 aliphatic heterocycles. The summed E-state index contributed by atoms with van der Waals surface area (Å²) >= 11 is 0. The topological polar surface area (TPSA) is 67.0 Å². The highest BCUT2D eigenvalue weighted by Gasteiger charge is 2.15. The SMILES string of the molecule is COc1ccccc1CNc1nc2c(c(=O)[nH]1)CCCC2. The van der Waals surface area contributed by atoms with E-state index in [0.717, 1.165) is 48.3 Å². The van der Waals surface area contributed by atoms with Crippen molar-refractivity contribution in [2.75, 3.05) is 12.4 Å². The van der Waals surface area contributed by atoms with Crippen LogP contribution >= 0.6 is 0 Å². The number of para-hydroxylation sites is 1. The molecule has 5 nitrogen and oxygen atoms in total. The van der Waals surface area contributed by atoms with Crippen LogP contribution in [-0.4, -0.2) is 17.1 Å². The fraction of sp³-hybridized carbons (Fsp3) is 0.375. The lowest BCUT2D eigenvalue weighted by Crippen LogP contribution is -2.22. The van der Waals surface area contributed by atoms with Gasteiger partial charge in [0.1, 0.15) is 5.75 Å².